The molecule has 2 fully saturated rings. The molecular weight excluding hydrogens is 336 g/mol. The summed E-state index contributed by atoms with van der Waals surface area (Å²) in [5.74, 6) is 3.28. The van der Waals surface area contributed by atoms with E-state index in [1.54, 1.807) is 38.9 Å². The molecule has 0 heterocycles. The van der Waals surface area contributed by atoms with Crippen LogP contribution in [-0.4, -0.2) is 0 Å². The summed E-state index contributed by atoms with van der Waals surface area (Å²) in [5, 5.41) is 0. The molecule has 0 amide bonds. The Bertz CT molecular complexity index is 1180. The predicted molar refractivity (Wildman–Crippen MR) is 113 cm³/mol. The van der Waals surface area contributed by atoms with Crippen molar-refractivity contribution in [3.05, 3.63) is 82.9 Å². The molecule has 3 aromatic rings. The van der Waals surface area contributed by atoms with Gasteiger partial charge in [0.15, 0.2) is 0 Å². The van der Waals surface area contributed by atoms with Crippen molar-refractivity contribution in [1.82, 2.24) is 0 Å². The highest BCUT2D eigenvalue weighted by molar-refractivity contribution is 5.91. The molecule has 0 N–H and O–H groups in total. The summed E-state index contributed by atoms with van der Waals surface area (Å²) in [6.45, 7) is 0. The van der Waals surface area contributed by atoms with Gasteiger partial charge in [-0.15, -0.1) is 0 Å². The minimum Gasteiger partial charge on any atom is -0.0619 e. The summed E-state index contributed by atoms with van der Waals surface area (Å²) >= 11 is 0. The van der Waals surface area contributed by atoms with Crippen molar-refractivity contribution in [3.63, 3.8) is 0 Å². The van der Waals surface area contributed by atoms with Gasteiger partial charge in [-0.05, 0) is 81.5 Å². The Balaban J connectivity index is 1.54. The summed E-state index contributed by atoms with van der Waals surface area (Å²) in [5.41, 5.74) is 13.3. The van der Waals surface area contributed by atoms with Crippen LogP contribution in [0, 0.1) is 17.8 Å². The van der Waals surface area contributed by atoms with Gasteiger partial charge in [0.05, 0.1) is 0 Å². The normalized spacial score (nSPS) is 34.6. The predicted octanol–water partition coefficient (Wildman–Crippen LogP) is 6.91. The number of hydrogen-bond acceptors (Lipinski definition) is 0. The molecule has 0 aromatic heterocycles. The van der Waals surface area contributed by atoms with Crippen molar-refractivity contribution in [1.29, 1.82) is 0 Å². The zero-order chi connectivity index (χ0) is 18.0. The highest BCUT2D eigenvalue weighted by Crippen LogP contribution is 2.73. The molecule has 8 rings (SSSR count). The molecule has 3 aromatic carbocycles. The van der Waals surface area contributed by atoms with E-state index in [0.717, 1.165) is 17.8 Å². The number of fused-ring (bicyclic) bond motifs is 6. The first-order valence-corrected chi connectivity index (χ1v) is 11.3. The third kappa shape index (κ3) is 1.36. The van der Waals surface area contributed by atoms with Gasteiger partial charge in [0.1, 0.15) is 0 Å². The topological polar surface area (TPSA) is 0 Å². The molecule has 0 radical (unpaired) electrons. The zero-order valence-electron chi connectivity index (χ0n) is 16.1. The lowest BCUT2D eigenvalue weighted by atomic mass is 9.57. The van der Waals surface area contributed by atoms with Crippen molar-refractivity contribution < 1.29 is 0 Å². The average Bonchev–Trinajstić information content (AvgIpc) is 3.46. The molecule has 0 saturated heterocycles. The molecule has 0 nitrogen and oxygen atoms in total. The summed E-state index contributed by atoms with van der Waals surface area (Å²) in [6.07, 6.45) is 7.18. The Labute approximate surface area is 166 Å². The molecule has 5 aliphatic carbocycles. The van der Waals surface area contributed by atoms with Gasteiger partial charge >= 0.3 is 0 Å². The Morgan fingerprint density at radius 3 is 2.50 bits per heavy atom. The van der Waals surface area contributed by atoms with Crippen LogP contribution in [0.5, 0.6) is 0 Å². The maximum Gasteiger partial charge on any atom is 0.0277 e. The third-order valence-corrected chi connectivity index (χ3v) is 9.29. The second-order valence-corrected chi connectivity index (χ2v) is 9.97. The van der Waals surface area contributed by atoms with Gasteiger partial charge in [0.2, 0.25) is 0 Å². The molecule has 5 atom stereocenters. The van der Waals surface area contributed by atoms with E-state index < -0.39 is 0 Å². The van der Waals surface area contributed by atoms with Crippen LogP contribution in [0.1, 0.15) is 60.3 Å². The van der Waals surface area contributed by atoms with E-state index in [0.29, 0.717) is 11.3 Å². The highest BCUT2D eigenvalue weighted by atomic mass is 14.7. The van der Waals surface area contributed by atoms with Crippen LogP contribution in [0.4, 0.5) is 0 Å². The number of benzene rings is 3. The summed E-state index contributed by atoms with van der Waals surface area (Å²) in [6, 6.07) is 23.7. The van der Waals surface area contributed by atoms with E-state index in [9.17, 15) is 0 Å². The number of rotatable bonds is 0. The fraction of sp³-hybridized carbons (Fsp3) is 0.357. The van der Waals surface area contributed by atoms with Crippen molar-refractivity contribution in [2.75, 3.05) is 0 Å². The van der Waals surface area contributed by atoms with Crippen molar-refractivity contribution in [2.45, 2.75) is 43.4 Å². The smallest absolute Gasteiger partial charge is 0.0277 e. The SMILES string of the molecule is c1ccc2c(c1)-c1ccc3c4c1C2C[C@H]1CC2CCCC2[C@@]41c1ccccc1-3. The van der Waals surface area contributed by atoms with Gasteiger partial charge in [-0.25, -0.2) is 0 Å². The van der Waals surface area contributed by atoms with Gasteiger partial charge in [-0.1, -0.05) is 73.5 Å². The van der Waals surface area contributed by atoms with E-state index >= 15 is 0 Å². The molecule has 0 heteroatoms. The van der Waals surface area contributed by atoms with E-state index in [1.807, 2.05) is 0 Å². The molecule has 5 aliphatic rings. The van der Waals surface area contributed by atoms with Crippen LogP contribution < -0.4 is 0 Å². The van der Waals surface area contributed by atoms with Crippen LogP contribution in [-0.2, 0) is 5.41 Å². The summed E-state index contributed by atoms with van der Waals surface area (Å²) in [4.78, 5) is 0. The molecule has 0 aliphatic heterocycles. The first-order chi connectivity index (χ1) is 13.9. The average molecular weight is 361 g/mol. The highest BCUT2D eigenvalue weighted by Gasteiger charge is 2.64. The standard InChI is InChI=1S/C28H24/c1-2-8-19-18(7-1)21-12-13-22-20-9-3-4-10-25(20)28-17(14-16-6-5-11-24(16)28)15-23(19)26(21)27(22)28/h1-4,7-10,12-13,16-17,23-24H,5-6,11,14-15H2/t16?,17-,23?,24?,28+/m1/s1. The largest absolute Gasteiger partial charge is 0.0619 e. The van der Waals surface area contributed by atoms with Crippen molar-refractivity contribution >= 4 is 0 Å². The minimum atomic E-state index is 0.316. The molecule has 1 spiro atoms. The van der Waals surface area contributed by atoms with Gasteiger partial charge < -0.3 is 0 Å². The van der Waals surface area contributed by atoms with E-state index in [-0.39, 0.29) is 0 Å². The van der Waals surface area contributed by atoms with Gasteiger partial charge in [-0.2, -0.15) is 0 Å². The Morgan fingerprint density at radius 1 is 0.714 bits per heavy atom. The Kier molecular flexibility index (Phi) is 2.41. The zero-order valence-corrected chi connectivity index (χ0v) is 16.1. The van der Waals surface area contributed by atoms with Crippen LogP contribution in [0.15, 0.2) is 60.7 Å². The van der Waals surface area contributed by atoms with E-state index in [1.165, 1.54) is 37.7 Å². The lowest BCUT2D eigenvalue weighted by Gasteiger charge is -2.45. The first kappa shape index (κ1) is 14.6. The maximum atomic E-state index is 2.50. The second-order valence-electron chi connectivity index (χ2n) is 9.97. The lowest BCUT2D eigenvalue weighted by Crippen LogP contribution is -2.41. The first-order valence-electron chi connectivity index (χ1n) is 11.3. The fourth-order valence-corrected chi connectivity index (χ4v) is 8.69. The van der Waals surface area contributed by atoms with Gasteiger partial charge in [0, 0.05) is 11.3 Å². The Hall–Kier alpha value is -2.34. The van der Waals surface area contributed by atoms with Crippen LogP contribution in [0.25, 0.3) is 22.3 Å². The monoisotopic (exact) mass is 360 g/mol. The summed E-state index contributed by atoms with van der Waals surface area (Å²) in [7, 11) is 0. The summed E-state index contributed by atoms with van der Waals surface area (Å²) < 4.78 is 0. The maximum absolute atomic E-state index is 2.50. The molecule has 2 saturated carbocycles. The van der Waals surface area contributed by atoms with Gasteiger partial charge in [0.25, 0.3) is 0 Å². The van der Waals surface area contributed by atoms with Crippen LogP contribution in [0.2, 0.25) is 0 Å². The molecule has 28 heavy (non-hydrogen) atoms. The molecular formula is C28H24. The van der Waals surface area contributed by atoms with Crippen LogP contribution >= 0.6 is 0 Å². The molecule has 0 bridgehead atoms. The van der Waals surface area contributed by atoms with Crippen LogP contribution in [0.3, 0.4) is 0 Å². The molecule has 136 valence electrons. The lowest BCUT2D eigenvalue weighted by molar-refractivity contribution is 0.257. The third-order valence-electron chi connectivity index (χ3n) is 9.29. The number of hydrogen-bond donors (Lipinski definition) is 0. The van der Waals surface area contributed by atoms with Crippen molar-refractivity contribution in [3.8, 4) is 22.3 Å². The molecule has 3 unspecified atom stereocenters. The van der Waals surface area contributed by atoms with Crippen molar-refractivity contribution in [2.24, 2.45) is 17.8 Å². The van der Waals surface area contributed by atoms with E-state index in [4.69, 9.17) is 0 Å². The van der Waals surface area contributed by atoms with Gasteiger partial charge in [-0.3, -0.25) is 0 Å². The Morgan fingerprint density at radius 2 is 1.54 bits per heavy atom. The van der Waals surface area contributed by atoms with E-state index in [2.05, 4.69) is 60.7 Å². The quantitative estimate of drug-likeness (QED) is 0.409. The minimum absolute atomic E-state index is 0.316. The fourth-order valence-electron chi connectivity index (χ4n) is 8.69. The second kappa shape index (κ2) is 4.62.